The third kappa shape index (κ3) is 3.88. The highest BCUT2D eigenvalue weighted by Crippen LogP contribution is 2.37. The van der Waals surface area contributed by atoms with E-state index >= 15 is 0 Å². The van der Waals surface area contributed by atoms with Gasteiger partial charge in [0.15, 0.2) is 0 Å². The molecule has 2 aromatic rings. The third-order valence-electron chi connectivity index (χ3n) is 3.38. The molecule has 0 fully saturated rings. The molecular formula is C17H16Br2ClF. The van der Waals surface area contributed by atoms with Crippen molar-refractivity contribution in [2.24, 2.45) is 0 Å². The van der Waals surface area contributed by atoms with Crippen molar-refractivity contribution in [3.63, 3.8) is 0 Å². The number of hydrogen-bond acceptors (Lipinski definition) is 0. The molecule has 0 radical (unpaired) electrons. The summed E-state index contributed by atoms with van der Waals surface area (Å²) in [5.74, 6) is -0.284. The van der Waals surface area contributed by atoms with Gasteiger partial charge in [0.05, 0.1) is 9.85 Å². The van der Waals surface area contributed by atoms with Gasteiger partial charge in [-0.3, -0.25) is 0 Å². The minimum Gasteiger partial charge on any atom is -0.207 e. The molecule has 0 heterocycles. The highest BCUT2D eigenvalue weighted by Gasteiger charge is 2.18. The molecule has 0 aliphatic carbocycles. The molecule has 112 valence electrons. The van der Waals surface area contributed by atoms with Crippen LogP contribution in [0.25, 0.3) is 0 Å². The predicted octanol–water partition coefficient (Wildman–Crippen LogP) is 7.02. The minimum absolute atomic E-state index is 0.104. The van der Waals surface area contributed by atoms with Gasteiger partial charge in [0.1, 0.15) is 5.82 Å². The maximum atomic E-state index is 14.1. The van der Waals surface area contributed by atoms with Gasteiger partial charge in [-0.05, 0) is 44.6 Å². The van der Waals surface area contributed by atoms with E-state index in [4.69, 9.17) is 11.6 Å². The lowest BCUT2D eigenvalue weighted by molar-refractivity contribution is 0.589. The molecule has 2 aromatic carbocycles. The fourth-order valence-corrected chi connectivity index (χ4v) is 3.21. The summed E-state index contributed by atoms with van der Waals surface area (Å²) in [6.45, 7) is 6.51. The smallest absolute Gasteiger partial charge is 0.129 e. The summed E-state index contributed by atoms with van der Waals surface area (Å²) in [6, 6.07) is 11.3. The minimum atomic E-state index is -0.284. The van der Waals surface area contributed by atoms with Crippen molar-refractivity contribution in [3.05, 3.63) is 68.4 Å². The van der Waals surface area contributed by atoms with E-state index in [1.54, 1.807) is 6.07 Å². The Bertz CT molecular complexity index is 645. The summed E-state index contributed by atoms with van der Waals surface area (Å²) in [5, 5.41) is 0.502. The Morgan fingerprint density at radius 2 is 1.67 bits per heavy atom. The first-order valence-electron chi connectivity index (χ1n) is 6.59. The van der Waals surface area contributed by atoms with Crippen molar-refractivity contribution < 1.29 is 4.39 Å². The molecule has 2 rings (SSSR count). The lowest BCUT2D eigenvalue weighted by atomic mass is 9.86. The van der Waals surface area contributed by atoms with E-state index in [9.17, 15) is 4.39 Å². The molecule has 21 heavy (non-hydrogen) atoms. The van der Waals surface area contributed by atoms with Crippen LogP contribution in [0.4, 0.5) is 4.39 Å². The number of rotatable bonds is 2. The summed E-state index contributed by atoms with van der Waals surface area (Å²) >= 11 is 12.9. The molecule has 0 aromatic heterocycles. The summed E-state index contributed by atoms with van der Waals surface area (Å²) in [6.07, 6.45) is 0. The van der Waals surface area contributed by atoms with Crippen molar-refractivity contribution in [2.75, 3.05) is 0 Å². The zero-order chi connectivity index (χ0) is 15.8. The van der Waals surface area contributed by atoms with Gasteiger partial charge in [-0.1, -0.05) is 72.6 Å². The normalized spacial score (nSPS) is 13.3. The van der Waals surface area contributed by atoms with Gasteiger partial charge in [0.25, 0.3) is 0 Å². The molecule has 0 bridgehead atoms. The Balaban J connectivity index is 2.36. The highest BCUT2D eigenvalue weighted by atomic mass is 79.9. The van der Waals surface area contributed by atoms with Gasteiger partial charge in [0, 0.05) is 10.0 Å². The molecule has 0 saturated carbocycles. The molecule has 1 atom stereocenters. The molecule has 0 nitrogen and oxygen atoms in total. The number of alkyl halides is 1. The average molecular weight is 435 g/mol. The molecule has 0 amide bonds. The molecule has 0 aliphatic heterocycles. The van der Waals surface area contributed by atoms with Crippen molar-refractivity contribution in [1.29, 1.82) is 0 Å². The largest absolute Gasteiger partial charge is 0.207 e. The Morgan fingerprint density at radius 3 is 2.19 bits per heavy atom. The van der Waals surface area contributed by atoms with E-state index in [2.05, 4.69) is 64.8 Å². The van der Waals surface area contributed by atoms with E-state index in [0.29, 0.717) is 15.1 Å². The lowest BCUT2D eigenvalue weighted by Crippen LogP contribution is -2.10. The standard InChI is InChI=1S/C17H16Br2ClF/c1-17(2,3)11-6-4-10(5-7-11)16(19)12-8-14(20)13(18)9-15(12)21/h4-9,16H,1-3H3. The second kappa shape index (κ2) is 6.39. The SMILES string of the molecule is CC(C)(C)c1ccc(C(Br)c2cc(Cl)c(Br)cc2F)cc1. The van der Waals surface area contributed by atoms with Gasteiger partial charge in [-0.2, -0.15) is 0 Å². The Kier molecular flexibility index (Phi) is 5.17. The average Bonchev–Trinajstić information content (AvgIpc) is 2.41. The molecule has 0 aliphatic rings. The van der Waals surface area contributed by atoms with Crippen LogP contribution in [0, 0.1) is 5.82 Å². The fraction of sp³-hybridized carbons (Fsp3) is 0.294. The van der Waals surface area contributed by atoms with Crippen molar-refractivity contribution in [1.82, 2.24) is 0 Å². The Hall–Kier alpha value is -0.380. The van der Waals surface area contributed by atoms with Crippen LogP contribution in [-0.4, -0.2) is 0 Å². The first-order chi connectivity index (χ1) is 9.70. The second-order valence-electron chi connectivity index (χ2n) is 6.02. The first kappa shape index (κ1) is 17.0. The first-order valence-corrected chi connectivity index (χ1v) is 8.68. The Labute approximate surface area is 147 Å². The third-order valence-corrected chi connectivity index (χ3v) is 5.60. The maximum absolute atomic E-state index is 14.1. The van der Waals surface area contributed by atoms with Crippen LogP contribution >= 0.6 is 43.5 Å². The number of benzene rings is 2. The zero-order valence-electron chi connectivity index (χ0n) is 12.1. The lowest BCUT2D eigenvalue weighted by Gasteiger charge is -2.20. The van der Waals surface area contributed by atoms with Gasteiger partial charge in [-0.15, -0.1) is 0 Å². The van der Waals surface area contributed by atoms with Crippen molar-refractivity contribution in [3.8, 4) is 0 Å². The van der Waals surface area contributed by atoms with Crippen LogP contribution in [0.15, 0.2) is 40.9 Å². The van der Waals surface area contributed by atoms with Crippen molar-refractivity contribution >= 4 is 43.5 Å². The van der Waals surface area contributed by atoms with Crippen LogP contribution in [0.5, 0.6) is 0 Å². The van der Waals surface area contributed by atoms with E-state index < -0.39 is 0 Å². The molecule has 0 spiro atoms. The molecule has 0 saturated heterocycles. The van der Waals surface area contributed by atoms with Crippen LogP contribution in [0.3, 0.4) is 0 Å². The Morgan fingerprint density at radius 1 is 1.10 bits per heavy atom. The number of hydrogen-bond donors (Lipinski definition) is 0. The second-order valence-corrected chi connectivity index (χ2v) is 8.20. The van der Waals surface area contributed by atoms with Gasteiger partial charge in [0.2, 0.25) is 0 Å². The quantitative estimate of drug-likeness (QED) is 0.352. The van der Waals surface area contributed by atoms with Crippen LogP contribution in [0.2, 0.25) is 5.02 Å². The predicted molar refractivity (Wildman–Crippen MR) is 95.0 cm³/mol. The maximum Gasteiger partial charge on any atom is 0.129 e. The molecule has 1 unspecified atom stereocenters. The topological polar surface area (TPSA) is 0 Å². The van der Waals surface area contributed by atoms with Crippen LogP contribution in [-0.2, 0) is 5.41 Å². The van der Waals surface area contributed by atoms with E-state index in [1.807, 2.05) is 12.1 Å². The van der Waals surface area contributed by atoms with E-state index in [-0.39, 0.29) is 16.1 Å². The van der Waals surface area contributed by atoms with Gasteiger partial charge >= 0.3 is 0 Å². The van der Waals surface area contributed by atoms with E-state index in [0.717, 1.165) is 5.56 Å². The monoisotopic (exact) mass is 432 g/mol. The molecular weight excluding hydrogens is 418 g/mol. The summed E-state index contributed by atoms with van der Waals surface area (Å²) in [5.41, 5.74) is 2.89. The summed E-state index contributed by atoms with van der Waals surface area (Å²) < 4.78 is 14.7. The van der Waals surface area contributed by atoms with Gasteiger partial charge < -0.3 is 0 Å². The summed E-state index contributed by atoms with van der Waals surface area (Å²) in [7, 11) is 0. The number of halogens is 4. The summed E-state index contributed by atoms with van der Waals surface area (Å²) in [4.78, 5) is -0.225. The molecule has 0 N–H and O–H groups in total. The highest BCUT2D eigenvalue weighted by molar-refractivity contribution is 9.10. The molecule has 4 heteroatoms. The van der Waals surface area contributed by atoms with Crippen LogP contribution in [0.1, 0.15) is 42.3 Å². The van der Waals surface area contributed by atoms with Crippen LogP contribution < -0.4 is 0 Å². The fourth-order valence-electron chi connectivity index (χ4n) is 2.06. The van der Waals surface area contributed by atoms with Crippen molar-refractivity contribution in [2.45, 2.75) is 31.0 Å². The van der Waals surface area contributed by atoms with Gasteiger partial charge in [-0.25, -0.2) is 4.39 Å². The zero-order valence-corrected chi connectivity index (χ0v) is 16.0. The van der Waals surface area contributed by atoms with E-state index in [1.165, 1.54) is 11.6 Å².